The van der Waals surface area contributed by atoms with E-state index in [-0.39, 0.29) is 23.8 Å². The molecule has 0 radical (unpaired) electrons. The Labute approximate surface area is 113 Å². The van der Waals surface area contributed by atoms with Gasteiger partial charge in [0.1, 0.15) is 0 Å². The molecule has 2 nitrogen and oxygen atoms in total. The number of benzene rings is 1. The monoisotopic (exact) mass is 269 g/mol. The van der Waals surface area contributed by atoms with Gasteiger partial charge >= 0.3 is 0 Å². The van der Waals surface area contributed by atoms with Crippen molar-refractivity contribution in [2.75, 3.05) is 0 Å². The highest BCUT2D eigenvalue weighted by molar-refractivity contribution is 5.86. The van der Waals surface area contributed by atoms with E-state index in [4.69, 9.17) is 0 Å². The summed E-state index contributed by atoms with van der Waals surface area (Å²) in [6.45, 7) is 7.57. The van der Waals surface area contributed by atoms with E-state index >= 15 is 0 Å². The van der Waals surface area contributed by atoms with Crippen LogP contribution in [0.5, 0.6) is 0 Å². The van der Waals surface area contributed by atoms with E-state index in [0.717, 1.165) is 12.1 Å². The predicted octanol–water partition coefficient (Wildman–Crippen LogP) is 3.10. The van der Waals surface area contributed by atoms with Gasteiger partial charge in [-0.2, -0.15) is 0 Å². The Morgan fingerprint density at radius 2 is 1.79 bits per heavy atom. The molecule has 0 aliphatic heterocycles. The van der Waals surface area contributed by atoms with Gasteiger partial charge in [-0.15, -0.1) is 0 Å². The summed E-state index contributed by atoms with van der Waals surface area (Å²) in [4.78, 5) is 12.1. The zero-order valence-electron chi connectivity index (χ0n) is 11.8. The van der Waals surface area contributed by atoms with Gasteiger partial charge in [0.25, 0.3) is 0 Å². The lowest BCUT2D eigenvalue weighted by Crippen LogP contribution is -2.44. The average Bonchev–Trinajstić information content (AvgIpc) is 2.31. The highest BCUT2D eigenvalue weighted by atomic mass is 19.2. The topological polar surface area (TPSA) is 29.1 Å². The van der Waals surface area contributed by atoms with Crippen molar-refractivity contribution in [3.8, 4) is 0 Å². The number of hydrogen-bond donors (Lipinski definition) is 1. The average molecular weight is 269 g/mol. The van der Waals surface area contributed by atoms with Gasteiger partial charge in [-0.05, 0) is 24.1 Å². The Hall–Kier alpha value is -1.29. The van der Waals surface area contributed by atoms with Crippen molar-refractivity contribution in [2.24, 2.45) is 5.92 Å². The Morgan fingerprint density at radius 3 is 2.26 bits per heavy atom. The molecule has 1 N–H and O–H groups in total. The fraction of sp³-hybridized carbons (Fsp3) is 0.533. The van der Waals surface area contributed by atoms with Crippen molar-refractivity contribution in [1.82, 2.24) is 5.32 Å². The number of Topliss-reactive ketones (excluding diaryl/α,β-unsaturated/α-hetero) is 1. The Balaban J connectivity index is 2.87. The minimum absolute atomic E-state index is 0.0819. The van der Waals surface area contributed by atoms with Gasteiger partial charge in [-0.25, -0.2) is 8.78 Å². The second kappa shape index (κ2) is 6.75. The minimum atomic E-state index is -0.877. The molecule has 0 aromatic heterocycles. The molecule has 0 saturated heterocycles. The molecule has 1 aromatic rings. The zero-order chi connectivity index (χ0) is 14.6. The van der Waals surface area contributed by atoms with Gasteiger partial charge in [0, 0.05) is 12.0 Å². The molecule has 0 bridgehead atoms. The molecular formula is C15H21F2NO. The van der Waals surface area contributed by atoms with E-state index in [0.29, 0.717) is 12.0 Å². The standard InChI is InChI=1S/C15H21F2NO/c1-9(2)15(19)14(18-10(3)4)8-11-5-6-12(16)13(17)7-11/h5-7,9-10,14,18H,8H2,1-4H3. The lowest BCUT2D eigenvalue weighted by Gasteiger charge is -2.22. The molecule has 4 heteroatoms. The molecule has 1 atom stereocenters. The first-order chi connectivity index (χ1) is 8.81. The lowest BCUT2D eigenvalue weighted by atomic mass is 9.95. The third-order valence-corrected chi connectivity index (χ3v) is 2.87. The van der Waals surface area contributed by atoms with E-state index in [1.54, 1.807) is 0 Å². The number of nitrogens with one attached hydrogen (secondary N) is 1. The van der Waals surface area contributed by atoms with Crippen LogP contribution in [0.1, 0.15) is 33.3 Å². The molecule has 0 fully saturated rings. The quantitative estimate of drug-likeness (QED) is 0.859. The minimum Gasteiger partial charge on any atom is -0.305 e. The summed E-state index contributed by atoms with van der Waals surface area (Å²) in [6.07, 6.45) is 0.367. The predicted molar refractivity (Wildman–Crippen MR) is 72.0 cm³/mol. The second-order valence-electron chi connectivity index (χ2n) is 5.38. The van der Waals surface area contributed by atoms with Gasteiger partial charge < -0.3 is 5.32 Å². The summed E-state index contributed by atoms with van der Waals surface area (Å²) in [7, 11) is 0. The SMILES string of the molecule is CC(C)NC(Cc1ccc(F)c(F)c1)C(=O)C(C)C. The van der Waals surface area contributed by atoms with Crippen LogP contribution in [-0.4, -0.2) is 17.9 Å². The van der Waals surface area contributed by atoms with Crippen LogP contribution in [0.3, 0.4) is 0 Å². The van der Waals surface area contributed by atoms with Crippen LogP contribution in [-0.2, 0) is 11.2 Å². The summed E-state index contributed by atoms with van der Waals surface area (Å²) in [5, 5.41) is 3.18. The van der Waals surface area contributed by atoms with Crippen LogP contribution in [0.4, 0.5) is 8.78 Å². The summed E-state index contributed by atoms with van der Waals surface area (Å²) in [6, 6.07) is 3.54. The fourth-order valence-corrected chi connectivity index (χ4v) is 1.95. The second-order valence-corrected chi connectivity index (χ2v) is 5.38. The van der Waals surface area contributed by atoms with Crippen LogP contribution in [0.25, 0.3) is 0 Å². The molecule has 19 heavy (non-hydrogen) atoms. The van der Waals surface area contributed by atoms with Crippen LogP contribution in [0.2, 0.25) is 0 Å². The maximum Gasteiger partial charge on any atom is 0.159 e. The smallest absolute Gasteiger partial charge is 0.159 e. The molecular weight excluding hydrogens is 248 g/mol. The number of hydrogen-bond acceptors (Lipinski definition) is 2. The molecule has 106 valence electrons. The molecule has 0 spiro atoms. The summed E-state index contributed by atoms with van der Waals surface area (Å²) in [5.41, 5.74) is 0.617. The molecule has 0 aliphatic carbocycles. The van der Waals surface area contributed by atoms with Gasteiger partial charge in [0.2, 0.25) is 0 Å². The first kappa shape index (κ1) is 15.8. The van der Waals surface area contributed by atoms with Gasteiger partial charge in [0.15, 0.2) is 17.4 Å². The van der Waals surface area contributed by atoms with Crippen molar-refractivity contribution >= 4 is 5.78 Å². The van der Waals surface area contributed by atoms with E-state index in [1.165, 1.54) is 6.07 Å². The maximum atomic E-state index is 13.2. The largest absolute Gasteiger partial charge is 0.305 e. The van der Waals surface area contributed by atoms with Crippen molar-refractivity contribution in [2.45, 2.75) is 46.2 Å². The van der Waals surface area contributed by atoms with Gasteiger partial charge in [-0.3, -0.25) is 4.79 Å². The van der Waals surface area contributed by atoms with E-state index in [2.05, 4.69) is 5.32 Å². The van der Waals surface area contributed by atoms with Crippen molar-refractivity contribution in [3.63, 3.8) is 0 Å². The molecule has 0 heterocycles. The maximum absolute atomic E-state index is 13.2. The van der Waals surface area contributed by atoms with Crippen LogP contribution >= 0.6 is 0 Å². The van der Waals surface area contributed by atoms with Gasteiger partial charge in [0.05, 0.1) is 6.04 Å². The number of halogens is 2. The van der Waals surface area contributed by atoms with Crippen LogP contribution in [0.15, 0.2) is 18.2 Å². The normalized spacial score (nSPS) is 13.1. The van der Waals surface area contributed by atoms with Crippen LogP contribution < -0.4 is 5.32 Å². The number of carbonyl (C=O) groups excluding carboxylic acids is 1. The molecule has 0 aliphatic rings. The molecule has 1 aromatic carbocycles. The summed E-state index contributed by atoms with van der Waals surface area (Å²) < 4.78 is 26.0. The first-order valence-electron chi connectivity index (χ1n) is 6.55. The molecule has 1 unspecified atom stereocenters. The number of rotatable bonds is 6. The highest BCUT2D eigenvalue weighted by Crippen LogP contribution is 2.13. The number of carbonyl (C=O) groups is 1. The Kier molecular flexibility index (Phi) is 5.60. The van der Waals surface area contributed by atoms with E-state index in [9.17, 15) is 13.6 Å². The van der Waals surface area contributed by atoms with Crippen molar-refractivity contribution in [1.29, 1.82) is 0 Å². The van der Waals surface area contributed by atoms with Crippen molar-refractivity contribution < 1.29 is 13.6 Å². The third kappa shape index (κ3) is 4.71. The Morgan fingerprint density at radius 1 is 1.16 bits per heavy atom. The van der Waals surface area contributed by atoms with E-state index < -0.39 is 11.6 Å². The fourth-order valence-electron chi connectivity index (χ4n) is 1.95. The molecule has 1 rings (SSSR count). The highest BCUT2D eigenvalue weighted by Gasteiger charge is 2.22. The zero-order valence-corrected chi connectivity index (χ0v) is 11.8. The van der Waals surface area contributed by atoms with Crippen molar-refractivity contribution in [3.05, 3.63) is 35.4 Å². The summed E-state index contributed by atoms with van der Waals surface area (Å²) in [5.74, 6) is -1.76. The first-order valence-corrected chi connectivity index (χ1v) is 6.55. The third-order valence-electron chi connectivity index (χ3n) is 2.87. The summed E-state index contributed by atoms with van der Waals surface area (Å²) >= 11 is 0. The molecule has 0 amide bonds. The molecule has 0 saturated carbocycles. The van der Waals surface area contributed by atoms with Gasteiger partial charge in [-0.1, -0.05) is 33.8 Å². The van der Waals surface area contributed by atoms with E-state index in [1.807, 2.05) is 27.7 Å². The lowest BCUT2D eigenvalue weighted by molar-refractivity contribution is -0.124. The number of ketones is 1. The van der Waals surface area contributed by atoms with Crippen LogP contribution in [0, 0.1) is 17.6 Å². The Bertz CT molecular complexity index is 444.